The first-order valence-corrected chi connectivity index (χ1v) is 8.36. The third kappa shape index (κ3) is 4.76. The predicted molar refractivity (Wildman–Crippen MR) is 90.2 cm³/mol. The highest BCUT2D eigenvalue weighted by Crippen LogP contribution is 2.31. The van der Waals surface area contributed by atoms with E-state index < -0.39 is 30.5 Å². The Morgan fingerprint density at radius 3 is 2.85 bits per heavy atom. The molecule has 146 valence electrons. The largest absolute Gasteiger partial charge is 0.416 e. The molecule has 1 aliphatic rings. The van der Waals surface area contributed by atoms with Crippen LogP contribution in [0.2, 0.25) is 0 Å². The molecule has 27 heavy (non-hydrogen) atoms. The minimum absolute atomic E-state index is 0.0697. The second kappa shape index (κ2) is 7.18. The normalized spacial score (nSPS) is 19.7. The average molecular weight is 383 g/mol. The van der Waals surface area contributed by atoms with Crippen LogP contribution in [-0.2, 0) is 11.3 Å². The summed E-state index contributed by atoms with van der Waals surface area (Å²) in [5.74, 6) is 0.580. The molecule has 2 amide bonds. The van der Waals surface area contributed by atoms with Crippen molar-refractivity contribution in [3.05, 3.63) is 42.4 Å². The first kappa shape index (κ1) is 19.2. The highest BCUT2D eigenvalue weighted by molar-refractivity contribution is 5.74. The van der Waals surface area contributed by atoms with Crippen LogP contribution >= 0.6 is 0 Å². The number of carbonyl (C=O) groups is 1. The Morgan fingerprint density at radius 1 is 1.41 bits per heavy atom. The molecule has 2 aromatic heterocycles. The summed E-state index contributed by atoms with van der Waals surface area (Å²) in [5, 5.41) is 6.74. The smallest absolute Gasteiger partial charge is 0.359 e. The van der Waals surface area contributed by atoms with Gasteiger partial charge in [0.1, 0.15) is 0 Å². The molecule has 10 heteroatoms. The Kier molecular flexibility index (Phi) is 5.09. The number of aromatic nitrogens is 3. The molecule has 1 saturated heterocycles. The second-order valence-corrected chi connectivity index (χ2v) is 6.92. The Balaban J connectivity index is 1.64. The summed E-state index contributed by atoms with van der Waals surface area (Å²) in [5.41, 5.74) is -0.330. The summed E-state index contributed by atoms with van der Waals surface area (Å²) in [6.07, 6.45) is -1.60. The van der Waals surface area contributed by atoms with E-state index in [2.05, 4.69) is 15.4 Å². The number of alkyl halides is 3. The van der Waals surface area contributed by atoms with Crippen LogP contribution in [0.3, 0.4) is 0 Å². The van der Waals surface area contributed by atoms with Gasteiger partial charge in [-0.15, -0.1) is 0 Å². The van der Waals surface area contributed by atoms with Crippen molar-refractivity contribution < 1.29 is 22.7 Å². The number of nitrogens with zero attached hydrogens (tertiary/aromatic N) is 4. The number of morpholine rings is 1. The number of hydrogen-bond donors (Lipinski definition) is 1. The van der Waals surface area contributed by atoms with Gasteiger partial charge in [0.25, 0.3) is 0 Å². The highest BCUT2D eigenvalue weighted by atomic mass is 19.4. The van der Waals surface area contributed by atoms with Gasteiger partial charge in [0, 0.05) is 25.1 Å². The van der Waals surface area contributed by atoms with Gasteiger partial charge < -0.3 is 15.0 Å². The SMILES string of the molecule is CC1(C)CN(C(=O)NCc2ccnc(-n3cccn3)c2)CC(C(F)(F)F)O1. The van der Waals surface area contributed by atoms with Crippen LogP contribution in [0, 0.1) is 0 Å². The molecule has 0 aromatic carbocycles. The third-order valence-corrected chi connectivity index (χ3v) is 4.06. The molecule has 3 rings (SSSR count). The minimum Gasteiger partial charge on any atom is -0.359 e. The maximum atomic E-state index is 13.1. The summed E-state index contributed by atoms with van der Waals surface area (Å²) >= 11 is 0. The third-order valence-electron chi connectivity index (χ3n) is 4.06. The van der Waals surface area contributed by atoms with Crippen LogP contribution in [0.1, 0.15) is 19.4 Å². The van der Waals surface area contributed by atoms with Crippen LogP contribution < -0.4 is 5.32 Å². The van der Waals surface area contributed by atoms with Crippen molar-refractivity contribution in [1.29, 1.82) is 0 Å². The van der Waals surface area contributed by atoms with Gasteiger partial charge in [-0.1, -0.05) is 0 Å². The molecular formula is C17H20F3N5O2. The zero-order chi connectivity index (χ0) is 19.7. The van der Waals surface area contributed by atoms with E-state index in [0.717, 1.165) is 10.5 Å². The van der Waals surface area contributed by atoms with Crippen LogP contribution in [0.4, 0.5) is 18.0 Å². The molecule has 1 aliphatic heterocycles. The van der Waals surface area contributed by atoms with Crippen molar-refractivity contribution in [2.75, 3.05) is 13.1 Å². The maximum absolute atomic E-state index is 13.1. The number of carbonyl (C=O) groups excluding carboxylic acids is 1. The molecule has 0 saturated carbocycles. The number of urea groups is 1. The number of nitrogens with one attached hydrogen (secondary N) is 1. The topological polar surface area (TPSA) is 72.3 Å². The van der Waals surface area contributed by atoms with Crippen LogP contribution in [0.25, 0.3) is 5.82 Å². The molecule has 0 bridgehead atoms. The molecule has 1 fully saturated rings. The average Bonchev–Trinajstić information content (AvgIpc) is 3.12. The van der Waals surface area contributed by atoms with Gasteiger partial charge in [-0.3, -0.25) is 0 Å². The Hall–Kier alpha value is -2.62. The molecule has 1 atom stereocenters. The van der Waals surface area contributed by atoms with Gasteiger partial charge in [-0.05, 0) is 37.6 Å². The summed E-state index contributed by atoms with van der Waals surface area (Å²) in [7, 11) is 0. The Labute approximate surface area is 154 Å². The minimum atomic E-state index is -4.53. The lowest BCUT2D eigenvalue weighted by Crippen LogP contribution is -2.60. The molecule has 0 spiro atoms. The van der Waals surface area contributed by atoms with Crippen molar-refractivity contribution in [3.63, 3.8) is 0 Å². The monoisotopic (exact) mass is 383 g/mol. The van der Waals surface area contributed by atoms with Gasteiger partial charge in [-0.25, -0.2) is 14.5 Å². The fraction of sp³-hybridized carbons (Fsp3) is 0.471. The number of amides is 2. The number of hydrogen-bond acceptors (Lipinski definition) is 4. The van der Waals surface area contributed by atoms with Crippen molar-refractivity contribution in [3.8, 4) is 5.82 Å². The van der Waals surface area contributed by atoms with E-state index in [-0.39, 0.29) is 13.1 Å². The second-order valence-electron chi connectivity index (χ2n) is 6.92. The molecule has 0 aliphatic carbocycles. The van der Waals surface area contributed by atoms with E-state index in [1.165, 1.54) is 13.8 Å². The van der Waals surface area contributed by atoms with Crippen molar-refractivity contribution >= 4 is 6.03 Å². The predicted octanol–water partition coefficient (Wildman–Crippen LogP) is 2.52. The molecule has 3 heterocycles. The van der Waals surface area contributed by atoms with Gasteiger partial charge in [0.05, 0.1) is 18.7 Å². The maximum Gasteiger partial charge on any atom is 0.416 e. The summed E-state index contributed by atoms with van der Waals surface area (Å²) in [4.78, 5) is 17.7. The quantitative estimate of drug-likeness (QED) is 0.884. The number of rotatable bonds is 3. The standard InChI is InChI=1S/C17H20F3N5O2/c1-16(2)11-24(10-13(27-16)17(18,19)20)15(26)22-9-12-4-6-21-14(8-12)25-7-3-5-23-25/h3-8,13H,9-11H2,1-2H3,(H,22,26). The molecule has 1 N–H and O–H groups in total. The number of pyridine rings is 1. The Bertz CT molecular complexity index is 792. The molecular weight excluding hydrogens is 363 g/mol. The van der Waals surface area contributed by atoms with Crippen molar-refractivity contribution in [1.82, 2.24) is 25.0 Å². The van der Waals surface area contributed by atoms with Gasteiger partial charge in [0.15, 0.2) is 11.9 Å². The lowest BCUT2D eigenvalue weighted by atomic mass is 10.1. The number of ether oxygens (including phenoxy) is 1. The molecule has 1 unspecified atom stereocenters. The van der Waals surface area contributed by atoms with Crippen LogP contribution in [0.15, 0.2) is 36.8 Å². The lowest BCUT2D eigenvalue weighted by Gasteiger charge is -2.43. The summed E-state index contributed by atoms with van der Waals surface area (Å²) in [6.45, 7) is 2.76. The zero-order valence-corrected chi connectivity index (χ0v) is 14.9. The highest BCUT2D eigenvalue weighted by Gasteiger charge is 2.49. The summed E-state index contributed by atoms with van der Waals surface area (Å²) in [6, 6.07) is 4.65. The molecule has 2 aromatic rings. The van der Waals surface area contributed by atoms with Crippen molar-refractivity contribution in [2.24, 2.45) is 0 Å². The molecule has 0 radical (unpaired) electrons. The van der Waals surface area contributed by atoms with Gasteiger partial charge in [-0.2, -0.15) is 18.3 Å². The van der Waals surface area contributed by atoms with Gasteiger partial charge >= 0.3 is 12.2 Å². The fourth-order valence-corrected chi connectivity index (χ4v) is 2.90. The zero-order valence-electron chi connectivity index (χ0n) is 14.9. The first-order valence-electron chi connectivity index (χ1n) is 8.36. The Morgan fingerprint density at radius 2 is 2.19 bits per heavy atom. The lowest BCUT2D eigenvalue weighted by molar-refractivity contribution is -0.267. The van der Waals surface area contributed by atoms with Crippen LogP contribution in [0.5, 0.6) is 0 Å². The van der Waals surface area contributed by atoms with E-state index in [1.54, 1.807) is 41.5 Å². The first-order chi connectivity index (χ1) is 12.6. The number of halogens is 3. The van der Waals surface area contributed by atoms with Crippen LogP contribution in [-0.4, -0.2) is 56.7 Å². The van der Waals surface area contributed by atoms with E-state index in [9.17, 15) is 18.0 Å². The molecule has 7 nitrogen and oxygen atoms in total. The van der Waals surface area contributed by atoms with E-state index in [0.29, 0.717) is 5.82 Å². The van der Waals surface area contributed by atoms with E-state index in [1.807, 2.05) is 0 Å². The van der Waals surface area contributed by atoms with Crippen molar-refractivity contribution in [2.45, 2.75) is 38.3 Å². The summed E-state index contributed by atoms with van der Waals surface area (Å²) < 4.78 is 45.8. The van der Waals surface area contributed by atoms with Gasteiger partial charge in [0.2, 0.25) is 0 Å². The van der Waals surface area contributed by atoms with E-state index >= 15 is 0 Å². The van der Waals surface area contributed by atoms with E-state index in [4.69, 9.17) is 4.74 Å². The fourth-order valence-electron chi connectivity index (χ4n) is 2.90.